The summed E-state index contributed by atoms with van der Waals surface area (Å²) in [5.74, 6) is -1.04. The summed E-state index contributed by atoms with van der Waals surface area (Å²) in [6, 6.07) is 11.3. The van der Waals surface area contributed by atoms with Crippen molar-refractivity contribution in [3.05, 3.63) is 82.9 Å². The van der Waals surface area contributed by atoms with E-state index in [1.54, 1.807) is 38.1 Å². The number of fused-ring (bicyclic) bond motifs is 5. The number of halogens is 1. The van der Waals surface area contributed by atoms with Gasteiger partial charge in [-0.2, -0.15) is 0 Å². The molecule has 3 aliphatic heterocycles. The van der Waals surface area contributed by atoms with Gasteiger partial charge >= 0.3 is 12.1 Å². The summed E-state index contributed by atoms with van der Waals surface area (Å²) in [6.45, 7) is 11.3. The molecule has 53 heavy (non-hydrogen) atoms. The molecule has 3 aliphatic rings. The lowest BCUT2D eigenvalue weighted by molar-refractivity contribution is -0.152. The summed E-state index contributed by atoms with van der Waals surface area (Å²) >= 11 is 6.77. The number of esters is 1. The van der Waals surface area contributed by atoms with Gasteiger partial charge in [-0.05, 0) is 62.6 Å². The molecule has 7 atom stereocenters. The maximum absolute atomic E-state index is 14.1. The van der Waals surface area contributed by atoms with E-state index in [2.05, 4.69) is 11.9 Å². The van der Waals surface area contributed by atoms with Gasteiger partial charge in [-0.3, -0.25) is 14.9 Å². The number of allylic oxidation sites excluding steroid dienone is 4. The number of epoxide rings is 1. The summed E-state index contributed by atoms with van der Waals surface area (Å²) in [6.07, 6.45) is 1.34. The zero-order valence-electron chi connectivity index (χ0n) is 31.6. The number of nitrogens with zero attached hydrogens (tertiary/aromatic N) is 2. The minimum Gasteiger partial charge on any atom is -0.495 e. The first-order valence-electron chi connectivity index (χ1n) is 17.5. The average molecular weight is 752 g/mol. The van der Waals surface area contributed by atoms with Crippen LogP contribution < -0.4 is 19.9 Å². The Hall–Kier alpha value is -4.36. The van der Waals surface area contributed by atoms with Crippen LogP contribution in [0.1, 0.15) is 51.7 Å². The van der Waals surface area contributed by atoms with Crippen molar-refractivity contribution in [1.82, 2.24) is 5.32 Å². The quantitative estimate of drug-likeness (QED) is 0.262. The molecule has 12 nitrogen and oxygen atoms in total. The minimum atomic E-state index is -1.80. The predicted octanol–water partition coefficient (Wildman–Crippen LogP) is 5.84. The number of rotatable bonds is 7. The van der Waals surface area contributed by atoms with Crippen molar-refractivity contribution in [2.24, 2.45) is 5.92 Å². The third kappa shape index (κ3) is 8.73. The summed E-state index contributed by atoms with van der Waals surface area (Å²) in [4.78, 5) is 43.8. The van der Waals surface area contributed by atoms with Crippen molar-refractivity contribution in [3.63, 3.8) is 0 Å². The van der Waals surface area contributed by atoms with Crippen LogP contribution in [0.5, 0.6) is 5.75 Å². The number of carbonyl (C=O) groups excluding carboxylic acids is 3. The average Bonchev–Trinajstić information content (AvgIpc) is 3.81. The van der Waals surface area contributed by atoms with E-state index in [4.69, 9.17) is 35.3 Å². The lowest BCUT2D eigenvalue weighted by Crippen LogP contribution is -2.63. The highest BCUT2D eigenvalue weighted by atomic mass is 35.5. The zero-order valence-corrected chi connectivity index (χ0v) is 32.4. The van der Waals surface area contributed by atoms with Crippen LogP contribution in [0.4, 0.5) is 16.2 Å². The molecular weight excluding hydrogens is 702 g/mol. The van der Waals surface area contributed by atoms with E-state index in [0.717, 1.165) is 28.0 Å². The number of alkyl carbamates (subject to hydrolysis) is 1. The topological polar surface area (TPSA) is 139 Å². The van der Waals surface area contributed by atoms with Gasteiger partial charge in [0.1, 0.15) is 41.2 Å². The lowest BCUT2D eigenvalue weighted by Gasteiger charge is -2.42. The van der Waals surface area contributed by atoms with E-state index in [-0.39, 0.29) is 30.3 Å². The van der Waals surface area contributed by atoms with Gasteiger partial charge in [-0.25, -0.2) is 4.79 Å². The van der Waals surface area contributed by atoms with Gasteiger partial charge in [0.15, 0.2) is 5.72 Å². The fourth-order valence-electron chi connectivity index (χ4n) is 7.09. The highest BCUT2D eigenvalue weighted by molar-refractivity contribution is 6.35. The van der Waals surface area contributed by atoms with Gasteiger partial charge in [0.25, 0.3) is 0 Å². The van der Waals surface area contributed by atoms with Crippen LogP contribution in [0, 0.1) is 5.92 Å². The summed E-state index contributed by atoms with van der Waals surface area (Å²) in [7, 11) is 6.34. The monoisotopic (exact) mass is 751 g/mol. The fourth-order valence-corrected chi connectivity index (χ4v) is 7.40. The number of aliphatic hydroxyl groups is 1. The van der Waals surface area contributed by atoms with Crippen LogP contribution >= 0.6 is 11.6 Å². The van der Waals surface area contributed by atoms with Gasteiger partial charge in [-0.15, -0.1) is 0 Å². The molecule has 5 rings (SSSR count). The largest absolute Gasteiger partial charge is 0.495 e. The van der Waals surface area contributed by atoms with Crippen LogP contribution in [-0.4, -0.2) is 93.7 Å². The summed E-state index contributed by atoms with van der Waals surface area (Å²) in [5, 5.41) is 14.5. The van der Waals surface area contributed by atoms with Crippen molar-refractivity contribution in [3.8, 4) is 5.75 Å². The number of hydrogen-bond acceptors (Lipinski definition) is 10. The van der Waals surface area contributed by atoms with E-state index < -0.39 is 53.7 Å². The number of hydrogen-bond donors (Lipinski definition) is 2. The molecule has 2 aromatic rings. The smallest absolute Gasteiger partial charge is 0.409 e. The number of anilines is 2. The number of carbonyl (C=O) groups is 3. The number of ether oxygens (including phenoxy) is 5. The Morgan fingerprint density at radius 3 is 2.55 bits per heavy atom. The molecule has 0 radical (unpaired) electrons. The van der Waals surface area contributed by atoms with Crippen LogP contribution in [0.3, 0.4) is 0 Å². The van der Waals surface area contributed by atoms with Crippen molar-refractivity contribution in [1.29, 1.82) is 0 Å². The molecule has 3 heterocycles. The lowest BCUT2D eigenvalue weighted by atomic mass is 9.83. The fraction of sp³-hybridized carbons (Fsp3) is 0.475. The van der Waals surface area contributed by atoms with Crippen LogP contribution in [0.2, 0.25) is 5.02 Å². The summed E-state index contributed by atoms with van der Waals surface area (Å²) < 4.78 is 29.3. The molecule has 0 aliphatic carbocycles. The molecule has 2 aromatic carbocycles. The molecular formula is C40H50ClN3O9. The van der Waals surface area contributed by atoms with Gasteiger partial charge in [-0.1, -0.05) is 66.6 Å². The molecule has 4 bridgehead atoms. The second-order valence-electron chi connectivity index (χ2n) is 14.5. The Bertz CT molecular complexity index is 1800. The molecule has 286 valence electrons. The zero-order chi connectivity index (χ0) is 38.8. The second kappa shape index (κ2) is 15.9. The molecule has 0 unspecified atom stereocenters. The number of benzene rings is 2. The highest BCUT2D eigenvalue weighted by Gasteiger charge is 2.64. The molecule has 2 saturated heterocycles. The molecule has 0 spiro atoms. The number of methoxy groups -OCH3 is 2. The maximum Gasteiger partial charge on any atom is 0.409 e. The first-order chi connectivity index (χ1) is 25.0. The van der Waals surface area contributed by atoms with E-state index in [1.165, 1.54) is 19.1 Å². The van der Waals surface area contributed by atoms with E-state index in [9.17, 15) is 19.5 Å². The first-order valence-corrected chi connectivity index (χ1v) is 17.9. The third-order valence-electron chi connectivity index (χ3n) is 10.4. The number of likely N-dealkylation sites (N-methyl/N-ethyl adjacent to an activating group) is 1. The van der Waals surface area contributed by atoms with E-state index in [0.29, 0.717) is 17.9 Å². The van der Waals surface area contributed by atoms with E-state index >= 15 is 0 Å². The number of amides is 2. The molecule has 2 fully saturated rings. The molecule has 2 N–H and O–H groups in total. The van der Waals surface area contributed by atoms with Crippen molar-refractivity contribution >= 4 is 46.5 Å². The Kier molecular flexibility index (Phi) is 12.0. The molecule has 0 aromatic heterocycles. The van der Waals surface area contributed by atoms with E-state index in [1.807, 2.05) is 63.2 Å². The Morgan fingerprint density at radius 2 is 1.91 bits per heavy atom. The van der Waals surface area contributed by atoms with Crippen molar-refractivity contribution in [2.75, 3.05) is 44.7 Å². The van der Waals surface area contributed by atoms with Crippen molar-refractivity contribution in [2.45, 2.75) is 82.7 Å². The molecule has 13 heteroatoms. The second-order valence-corrected chi connectivity index (χ2v) is 14.8. The Balaban J connectivity index is 1.50. The predicted molar refractivity (Wildman–Crippen MR) is 203 cm³/mol. The van der Waals surface area contributed by atoms with Crippen LogP contribution in [0.15, 0.2) is 66.8 Å². The van der Waals surface area contributed by atoms with Crippen LogP contribution in [-0.2, 0) is 35.0 Å². The van der Waals surface area contributed by atoms with Gasteiger partial charge in [0.05, 0.1) is 25.3 Å². The standard InChI is InChI=1S/C40H50ClN3O9/c1-23(2)27-13-15-28(16-14-27)43(6)22-35(46)52-33-20-34(45)44(7)29-18-26(19-30(49-8)36(29)41)17-24(3)11-10-12-32(50-9)40(48)21-31(51-38(47)42-40)25(4)37-39(33,5)53-37/h10-16,18-19,25,31-33,37,48H,1,17,20-22H2,2-9H3,(H,42,47)/b12-10+,24-11+/t25-,31+,32-,33+,37+,39+,40+/m1/s1. The first kappa shape index (κ1) is 39.8. The normalized spacial score (nSPS) is 30.5. The Morgan fingerprint density at radius 1 is 1.21 bits per heavy atom. The third-order valence-corrected chi connectivity index (χ3v) is 10.8. The van der Waals surface area contributed by atoms with Crippen LogP contribution in [0.25, 0.3) is 5.57 Å². The maximum atomic E-state index is 14.1. The van der Waals surface area contributed by atoms with Crippen molar-refractivity contribution < 1.29 is 43.2 Å². The van der Waals surface area contributed by atoms with Gasteiger partial charge < -0.3 is 38.6 Å². The van der Waals surface area contributed by atoms with Gasteiger partial charge in [0, 0.05) is 39.2 Å². The minimum absolute atomic E-state index is 0.0212. The number of nitrogens with one attached hydrogen (secondary N) is 1. The SMILES string of the molecule is C=C(C)c1ccc(N(C)CC(=O)O[C@H]2CC(=O)N(C)c3cc(cc(OC)c3Cl)C/C(C)=C/C=C/[C@@H](OC)[C@@]3(O)C[C@H](OC(=O)N3)[C@@H](C)[C@@H]3O[C@@]23C)cc1. The van der Waals surface area contributed by atoms with Gasteiger partial charge in [0.2, 0.25) is 5.91 Å². The summed E-state index contributed by atoms with van der Waals surface area (Å²) in [5.41, 5.74) is 1.97. The molecule has 2 amide bonds. The molecule has 0 saturated carbocycles. The highest BCUT2D eigenvalue weighted by Crippen LogP contribution is 2.49. The Labute approximate surface area is 316 Å².